The van der Waals surface area contributed by atoms with Gasteiger partial charge in [-0.05, 0) is 36.5 Å². The molecule has 0 saturated carbocycles. The number of rotatable bonds is 10. The molecule has 0 fully saturated rings. The predicted molar refractivity (Wildman–Crippen MR) is 88.5 cm³/mol. The van der Waals surface area contributed by atoms with Crippen molar-refractivity contribution in [2.75, 3.05) is 20.2 Å². The third kappa shape index (κ3) is 7.30. The number of hydrogen-bond acceptors (Lipinski definition) is 3. The Morgan fingerprint density at radius 2 is 2.10 bits per heavy atom. The lowest BCUT2D eigenvalue weighted by molar-refractivity contribution is 0.0957. The summed E-state index contributed by atoms with van der Waals surface area (Å²) in [6, 6.07) is 8.13. The third-order valence-electron chi connectivity index (χ3n) is 3.34. The van der Waals surface area contributed by atoms with E-state index in [1.54, 1.807) is 7.11 Å². The Morgan fingerprint density at radius 1 is 1.33 bits per heavy atom. The average Bonchev–Trinajstić information content (AvgIpc) is 2.44. The zero-order chi connectivity index (χ0) is 15.7. The second-order valence-electron chi connectivity index (χ2n) is 5.96. The molecule has 1 aromatic carbocycles. The molecule has 1 aromatic rings. The summed E-state index contributed by atoms with van der Waals surface area (Å²) in [6.45, 7) is 10.6. The number of allylic oxidation sites excluding steroid dienone is 1. The number of methoxy groups -OCH3 is 1. The molecule has 118 valence electrons. The Kier molecular flexibility index (Phi) is 8.09. The summed E-state index contributed by atoms with van der Waals surface area (Å²) in [5.74, 6) is 1.45. The average molecular weight is 291 g/mol. The van der Waals surface area contributed by atoms with Crippen LogP contribution in [0, 0.1) is 5.92 Å². The quantitative estimate of drug-likeness (QED) is 0.670. The van der Waals surface area contributed by atoms with Gasteiger partial charge in [-0.1, -0.05) is 32.1 Å². The lowest BCUT2D eigenvalue weighted by Gasteiger charge is -2.27. The molecule has 3 heteroatoms. The van der Waals surface area contributed by atoms with E-state index in [1.165, 1.54) is 5.56 Å². The molecule has 0 heterocycles. The number of aliphatic hydroxyl groups is 1. The molecule has 1 atom stereocenters. The van der Waals surface area contributed by atoms with Crippen LogP contribution < -0.4 is 4.74 Å². The Hall–Kier alpha value is -1.32. The standard InChI is InChI=1S/C18H29NO2/c1-5-6-9-17(20)14-19(12-15(2)3)13-16-8-7-10-18(11-16)21-4/h5,7-8,10-11,15,17,20H,1,6,9,12-14H2,2-4H3. The van der Waals surface area contributed by atoms with Crippen molar-refractivity contribution < 1.29 is 9.84 Å². The lowest BCUT2D eigenvalue weighted by atomic mass is 10.1. The first kappa shape index (κ1) is 17.7. The van der Waals surface area contributed by atoms with Crippen LogP contribution in [0.15, 0.2) is 36.9 Å². The van der Waals surface area contributed by atoms with Gasteiger partial charge in [0.1, 0.15) is 5.75 Å². The number of ether oxygens (including phenoxy) is 1. The van der Waals surface area contributed by atoms with Crippen molar-refractivity contribution in [2.24, 2.45) is 5.92 Å². The molecule has 0 radical (unpaired) electrons. The molecule has 0 bridgehead atoms. The molecular weight excluding hydrogens is 262 g/mol. The zero-order valence-electron chi connectivity index (χ0n) is 13.6. The summed E-state index contributed by atoms with van der Waals surface area (Å²) in [5.41, 5.74) is 1.21. The number of benzene rings is 1. The molecule has 0 aliphatic rings. The van der Waals surface area contributed by atoms with Crippen molar-refractivity contribution in [1.29, 1.82) is 0 Å². The molecule has 0 aromatic heterocycles. The van der Waals surface area contributed by atoms with Gasteiger partial charge in [0.05, 0.1) is 13.2 Å². The van der Waals surface area contributed by atoms with Crippen molar-refractivity contribution >= 4 is 0 Å². The number of nitrogens with zero attached hydrogens (tertiary/aromatic N) is 1. The maximum absolute atomic E-state index is 10.1. The molecule has 0 amide bonds. The second-order valence-corrected chi connectivity index (χ2v) is 5.96. The number of aliphatic hydroxyl groups excluding tert-OH is 1. The molecule has 0 aliphatic heterocycles. The maximum atomic E-state index is 10.1. The van der Waals surface area contributed by atoms with Crippen LogP contribution in [0.3, 0.4) is 0 Å². The molecule has 0 aliphatic carbocycles. The normalized spacial score (nSPS) is 12.7. The lowest BCUT2D eigenvalue weighted by Crippen LogP contribution is -2.34. The highest BCUT2D eigenvalue weighted by atomic mass is 16.5. The molecule has 1 rings (SSSR count). The Labute approximate surface area is 129 Å². The molecule has 1 unspecified atom stereocenters. The van der Waals surface area contributed by atoms with Crippen LogP contribution in [-0.2, 0) is 6.54 Å². The highest BCUT2D eigenvalue weighted by Crippen LogP contribution is 2.16. The Morgan fingerprint density at radius 3 is 2.71 bits per heavy atom. The first-order valence-corrected chi connectivity index (χ1v) is 7.69. The Bertz CT molecular complexity index is 417. The highest BCUT2D eigenvalue weighted by molar-refractivity contribution is 5.28. The summed E-state index contributed by atoms with van der Waals surface area (Å²) in [7, 11) is 1.68. The van der Waals surface area contributed by atoms with Gasteiger partial charge >= 0.3 is 0 Å². The SMILES string of the molecule is C=CCCC(O)CN(Cc1cccc(OC)c1)CC(C)C. The van der Waals surface area contributed by atoms with Gasteiger partial charge < -0.3 is 9.84 Å². The van der Waals surface area contributed by atoms with Gasteiger partial charge in [0.2, 0.25) is 0 Å². The van der Waals surface area contributed by atoms with Crippen LogP contribution in [-0.4, -0.2) is 36.3 Å². The van der Waals surface area contributed by atoms with Crippen LogP contribution >= 0.6 is 0 Å². The Balaban J connectivity index is 2.65. The van der Waals surface area contributed by atoms with Crippen LogP contribution in [0.2, 0.25) is 0 Å². The first-order chi connectivity index (χ1) is 10.0. The van der Waals surface area contributed by atoms with Gasteiger partial charge in [0, 0.05) is 19.6 Å². The van der Waals surface area contributed by atoms with Gasteiger partial charge in [-0.15, -0.1) is 6.58 Å². The second kappa shape index (κ2) is 9.59. The summed E-state index contributed by atoms with van der Waals surface area (Å²) < 4.78 is 5.27. The van der Waals surface area contributed by atoms with Gasteiger partial charge in [0.25, 0.3) is 0 Å². The van der Waals surface area contributed by atoms with Gasteiger partial charge in [-0.3, -0.25) is 4.90 Å². The van der Waals surface area contributed by atoms with E-state index >= 15 is 0 Å². The van der Waals surface area contributed by atoms with Crippen LogP contribution in [0.1, 0.15) is 32.3 Å². The van der Waals surface area contributed by atoms with E-state index in [4.69, 9.17) is 4.74 Å². The van der Waals surface area contributed by atoms with E-state index in [-0.39, 0.29) is 6.10 Å². The maximum Gasteiger partial charge on any atom is 0.119 e. The summed E-state index contributed by atoms with van der Waals surface area (Å²) in [5, 5.41) is 10.1. The first-order valence-electron chi connectivity index (χ1n) is 7.69. The van der Waals surface area contributed by atoms with E-state index in [2.05, 4.69) is 37.5 Å². The van der Waals surface area contributed by atoms with E-state index in [9.17, 15) is 5.11 Å². The van der Waals surface area contributed by atoms with Crippen molar-refractivity contribution in [1.82, 2.24) is 4.90 Å². The molecule has 0 saturated heterocycles. The topological polar surface area (TPSA) is 32.7 Å². The number of hydrogen-bond donors (Lipinski definition) is 1. The van der Waals surface area contributed by atoms with E-state index in [0.717, 1.165) is 31.7 Å². The summed E-state index contributed by atoms with van der Waals surface area (Å²) in [6.07, 6.45) is 3.19. The van der Waals surface area contributed by atoms with Gasteiger partial charge in [-0.25, -0.2) is 0 Å². The van der Waals surface area contributed by atoms with Crippen molar-refractivity contribution in [3.05, 3.63) is 42.5 Å². The van der Waals surface area contributed by atoms with Gasteiger partial charge in [-0.2, -0.15) is 0 Å². The fourth-order valence-corrected chi connectivity index (χ4v) is 2.45. The fourth-order valence-electron chi connectivity index (χ4n) is 2.45. The largest absolute Gasteiger partial charge is 0.497 e. The fraction of sp³-hybridized carbons (Fsp3) is 0.556. The third-order valence-corrected chi connectivity index (χ3v) is 3.34. The summed E-state index contributed by atoms with van der Waals surface area (Å²) >= 11 is 0. The molecular formula is C18H29NO2. The van der Waals surface area contributed by atoms with E-state index in [0.29, 0.717) is 12.5 Å². The highest BCUT2D eigenvalue weighted by Gasteiger charge is 2.13. The van der Waals surface area contributed by atoms with Crippen LogP contribution in [0.5, 0.6) is 5.75 Å². The molecule has 0 spiro atoms. The summed E-state index contributed by atoms with van der Waals surface area (Å²) in [4.78, 5) is 2.31. The smallest absolute Gasteiger partial charge is 0.119 e. The van der Waals surface area contributed by atoms with Gasteiger partial charge in [0.15, 0.2) is 0 Å². The minimum atomic E-state index is -0.299. The van der Waals surface area contributed by atoms with Crippen LogP contribution in [0.25, 0.3) is 0 Å². The predicted octanol–water partition coefficient (Wildman–Crippen LogP) is 3.48. The monoisotopic (exact) mass is 291 g/mol. The van der Waals surface area contributed by atoms with Crippen molar-refractivity contribution in [2.45, 2.75) is 39.3 Å². The minimum Gasteiger partial charge on any atom is -0.497 e. The zero-order valence-corrected chi connectivity index (χ0v) is 13.6. The molecule has 21 heavy (non-hydrogen) atoms. The van der Waals surface area contributed by atoms with E-state index in [1.807, 2.05) is 18.2 Å². The van der Waals surface area contributed by atoms with Crippen molar-refractivity contribution in [3.63, 3.8) is 0 Å². The molecule has 1 N–H and O–H groups in total. The van der Waals surface area contributed by atoms with Crippen molar-refractivity contribution in [3.8, 4) is 5.75 Å². The van der Waals surface area contributed by atoms with Crippen LogP contribution in [0.4, 0.5) is 0 Å². The minimum absolute atomic E-state index is 0.299. The molecule has 3 nitrogen and oxygen atoms in total. The van der Waals surface area contributed by atoms with E-state index < -0.39 is 0 Å².